The average Bonchev–Trinajstić information content (AvgIpc) is 2.34. The van der Waals surface area contributed by atoms with Gasteiger partial charge in [-0.2, -0.15) is 43.9 Å². The van der Waals surface area contributed by atoms with Crippen molar-refractivity contribution in [3.63, 3.8) is 0 Å². The van der Waals surface area contributed by atoms with Gasteiger partial charge in [-0.1, -0.05) is 0 Å². The van der Waals surface area contributed by atoms with E-state index in [2.05, 4.69) is 4.89 Å². The van der Waals surface area contributed by atoms with Gasteiger partial charge < -0.3 is 4.89 Å². The Hall–Kier alpha value is -1.60. The molecule has 0 aromatic carbocycles. The van der Waals surface area contributed by atoms with Gasteiger partial charge in [-0.15, -0.1) is 0 Å². The van der Waals surface area contributed by atoms with E-state index >= 15 is 0 Å². The first-order valence-corrected chi connectivity index (χ1v) is 4.47. The number of hydrogen-bond acceptors (Lipinski definition) is 2. The van der Waals surface area contributed by atoms with Gasteiger partial charge in [0.1, 0.15) is 0 Å². The van der Waals surface area contributed by atoms with E-state index in [0.29, 0.717) is 0 Å². The molecule has 1 atom stereocenters. The van der Waals surface area contributed by atoms with Crippen LogP contribution in [0.3, 0.4) is 0 Å². The molecule has 0 spiro atoms. The summed E-state index contributed by atoms with van der Waals surface area (Å²) in [6, 6.07) is 0. The highest BCUT2D eigenvalue weighted by atomic mass is 19.4. The van der Waals surface area contributed by atoms with E-state index in [1.165, 1.54) is 0 Å². The minimum Gasteiger partial charge on any atom is -0.345 e. The van der Waals surface area contributed by atoms with Crippen molar-refractivity contribution < 1.29 is 62.8 Å². The zero-order valence-corrected chi connectivity index (χ0v) is 9.47. The van der Waals surface area contributed by atoms with Crippen molar-refractivity contribution in [3.05, 3.63) is 24.0 Å². The second-order valence-corrected chi connectivity index (χ2v) is 3.45. The van der Waals surface area contributed by atoms with Gasteiger partial charge in [-0.05, 0) is 0 Å². The first kappa shape index (κ1) is 20.4. The fourth-order valence-corrected chi connectivity index (χ4v) is 1.11. The molecule has 130 valence electrons. The normalized spacial score (nSPS) is 17.0. The molecule has 0 rings (SSSR count). The Labute approximate surface area is 112 Å². The molecule has 0 saturated heterocycles. The third-order valence-corrected chi connectivity index (χ3v) is 2.15. The van der Waals surface area contributed by atoms with E-state index < -0.39 is 47.7 Å². The quantitative estimate of drug-likeness (QED) is 0.328. The molecule has 1 unspecified atom stereocenters. The van der Waals surface area contributed by atoms with Crippen LogP contribution in [-0.4, -0.2) is 28.9 Å². The first-order valence-electron chi connectivity index (χ1n) is 4.47. The number of halogens is 12. The molecule has 0 amide bonds. The van der Waals surface area contributed by atoms with Crippen LogP contribution in [-0.2, 0) is 4.89 Å². The Bertz CT molecular complexity index is 474. The van der Waals surface area contributed by atoms with E-state index in [4.69, 9.17) is 5.26 Å². The molecular formula is C8H2F12O2. The van der Waals surface area contributed by atoms with Gasteiger partial charge in [0.15, 0.2) is 6.26 Å². The summed E-state index contributed by atoms with van der Waals surface area (Å²) in [5.41, 5.74) is -7.46. The lowest BCUT2D eigenvalue weighted by Gasteiger charge is -2.37. The van der Waals surface area contributed by atoms with Crippen molar-refractivity contribution in [1.82, 2.24) is 0 Å². The summed E-state index contributed by atoms with van der Waals surface area (Å²) in [6.45, 7) is 0. The molecule has 0 saturated carbocycles. The van der Waals surface area contributed by atoms with Crippen LogP contribution in [0.15, 0.2) is 24.0 Å². The Morgan fingerprint density at radius 3 is 1.45 bits per heavy atom. The van der Waals surface area contributed by atoms with Crippen LogP contribution in [0.1, 0.15) is 0 Å². The van der Waals surface area contributed by atoms with Crippen molar-refractivity contribution in [2.45, 2.75) is 23.7 Å². The topological polar surface area (TPSA) is 29.5 Å². The molecule has 1 N–H and O–H groups in total. The van der Waals surface area contributed by atoms with E-state index in [-0.39, 0.29) is 0 Å². The van der Waals surface area contributed by atoms with Gasteiger partial charge in [-0.25, -0.2) is 14.0 Å². The van der Waals surface area contributed by atoms with Crippen molar-refractivity contribution >= 4 is 0 Å². The zero-order valence-electron chi connectivity index (χ0n) is 9.47. The highest BCUT2D eigenvalue weighted by molar-refractivity contribution is 5.26. The second-order valence-electron chi connectivity index (χ2n) is 3.45. The predicted molar refractivity (Wildman–Crippen MR) is 43.0 cm³/mol. The van der Waals surface area contributed by atoms with E-state index in [1.54, 1.807) is 0 Å². The molecule has 0 aromatic heterocycles. The Kier molecular flexibility index (Phi) is 5.46. The highest BCUT2D eigenvalue weighted by Gasteiger charge is 2.86. The molecule has 0 heterocycles. The van der Waals surface area contributed by atoms with Crippen LogP contribution < -0.4 is 0 Å². The molecule has 0 aliphatic heterocycles. The molecule has 0 radical (unpaired) electrons. The van der Waals surface area contributed by atoms with Crippen LogP contribution in [0, 0.1) is 0 Å². The van der Waals surface area contributed by atoms with Crippen LogP contribution in [0.2, 0.25) is 0 Å². The van der Waals surface area contributed by atoms with Crippen molar-refractivity contribution in [3.8, 4) is 0 Å². The summed E-state index contributed by atoms with van der Waals surface area (Å²) in [5, 5.41) is 7.52. The molecule has 0 aliphatic carbocycles. The second kappa shape index (κ2) is 5.89. The SMILES string of the molecule is OOC=C(F)C(F)(F)C(F)(C(F)(F)F)C(F)(F)C(F)=C(F)F. The number of allylic oxidation sites excluding steroid dienone is 2. The average molecular weight is 358 g/mol. The predicted octanol–water partition coefficient (Wildman–Crippen LogP) is 4.91. The van der Waals surface area contributed by atoms with Crippen molar-refractivity contribution in [1.29, 1.82) is 0 Å². The van der Waals surface area contributed by atoms with Crippen LogP contribution >= 0.6 is 0 Å². The summed E-state index contributed by atoms with van der Waals surface area (Å²) >= 11 is 0. The monoisotopic (exact) mass is 358 g/mol. The molecule has 0 aromatic rings. The summed E-state index contributed by atoms with van der Waals surface area (Å²) < 4.78 is 150. The number of alkyl halides is 8. The summed E-state index contributed by atoms with van der Waals surface area (Å²) in [5.74, 6) is -22.4. The summed E-state index contributed by atoms with van der Waals surface area (Å²) in [6.07, 6.45) is -13.0. The van der Waals surface area contributed by atoms with Gasteiger partial charge in [0.2, 0.25) is 11.7 Å². The van der Waals surface area contributed by atoms with Crippen LogP contribution in [0.4, 0.5) is 52.7 Å². The fraction of sp³-hybridized carbons (Fsp3) is 0.500. The zero-order chi connectivity index (χ0) is 18.1. The molecular weight excluding hydrogens is 356 g/mol. The third kappa shape index (κ3) is 2.83. The smallest absolute Gasteiger partial charge is 0.345 e. The number of rotatable bonds is 5. The Morgan fingerprint density at radius 2 is 1.18 bits per heavy atom. The van der Waals surface area contributed by atoms with Crippen LogP contribution in [0.25, 0.3) is 0 Å². The minimum atomic E-state index is -7.46. The lowest BCUT2D eigenvalue weighted by molar-refractivity contribution is -0.355. The molecule has 0 aliphatic rings. The van der Waals surface area contributed by atoms with E-state index in [9.17, 15) is 52.7 Å². The molecule has 0 bridgehead atoms. The van der Waals surface area contributed by atoms with Gasteiger partial charge in [0.25, 0.3) is 0 Å². The maximum Gasteiger partial charge on any atom is 0.435 e. The van der Waals surface area contributed by atoms with E-state index in [0.717, 1.165) is 0 Å². The maximum atomic E-state index is 13.4. The number of hydrogen-bond donors (Lipinski definition) is 1. The first-order chi connectivity index (χ1) is 9.59. The largest absolute Gasteiger partial charge is 0.435 e. The minimum absolute atomic E-state index is 1.33. The van der Waals surface area contributed by atoms with E-state index in [1.807, 2.05) is 0 Å². The summed E-state index contributed by atoms with van der Waals surface area (Å²) in [4.78, 5) is 2.47. The lowest BCUT2D eigenvalue weighted by Crippen LogP contribution is -2.66. The van der Waals surface area contributed by atoms with Crippen molar-refractivity contribution in [2.75, 3.05) is 0 Å². The molecule has 0 fully saturated rings. The maximum absolute atomic E-state index is 13.4. The Balaban J connectivity index is 6.62. The highest BCUT2D eigenvalue weighted by Crippen LogP contribution is 2.59. The Morgan fingerprint density at radius 1 is 0.773 bits per heavy atom. The van der Waals surface area contributed by atoms with Crippen LogP contribution in [0.5, 0.6) is 0 Å². The van der Waals surface area contributed by atoms with Crippen molar-refractivity contribution in [2.24, 2.45) is 0 Å². The van der Waals surface area contributed by atoms with Gasteiger partial charge in [-0.3, -0.25) is 0 Å². The molecule has 2 nitrogen and oxygen atoms in total. The lowest BCUT2D eigenvalue weighted by atomic mass is 9.87. The van der Waals surface area contributed by atoms with Gasteiger partial charge in [0, 0.05) is 0 Å². The summed E-state index contributed by atoms with van der Waals surface area (Å²) in [7, 11) is 0. The fourth-order valence-electron chi connectivity index (χ4n) is 1.11. The van der Waals surface area contributed by atoms with Gasteiger partial charge in [0.05, 0.1) is 0 Å². The standard InChI is InChI=1S/C8H2F12O2/c9-2(1-22-21)5(13,14)7(17,8(18,19)20)6(15,16)3(10)4(11)12/h1,21H. The molecule has 14 heteroatoms. The molecule has 22 heavy (non-hydrogen) atoms. The van der Waals surface area contributed by atoms with Gasteiger partial charge >= 0.3 is 29.8 Å². The third-order valence-electron chi connectivity index (χ3n) is 2.15.